The van der Waals surface area contributed by atoms with Crippen LogP contribution in [0, 0.1) is 0 Å². The second kappa shape index (κ2) is 15.5. The van der Waals surface area contributed by atoms with Gasteiger partial charge in [-0.2, -0.15) is 0 Å². The SMILES string of the molecule is [2H]c1nc(-n2c3ccccc3c3ccc(Oc4cccc(N5CN(c6c(-c7ccccc7)cccc6-c6ccccc6)c6ccccc65)c4)cc32)c([2H])c(C(C)(C)C)c1-c1ccccc1. The fourth-order valence-corrected chi connectivity index (χ4v) is 9.10. The number of aromatic nitrogens is 2. The van der Waals surface area contributed by atoms with Gasteiger partial charge in [-0.25, -0.2) is 4.98 Å². The average molecular weight is 817 g/mol. The van der Waals surface area contributed by atoms with Crippen LogP contribution in [-0.4, -0.2) is 16.2 Å². The van der Waals surface area contributed by atoms with Crippen LogP contribution in [0.4, 0.5) is 22.7 Å². The van der Waals surface area contributed by atoms with E-state index < -0.39 is 5.41 Å². The molecule has 0 saturated heterocycles. The zero-order chi connectivity index (χ0) is 44.2. The molecule has 5 heteroatoms. The Morgan fingerprint density at radius 1 is 0.508 bits per heavy atom. The summed E-state index contributed by atoms with van der Waals surface area (Å²) in [5.74, 6) is 1.78. The minimum Gasteiger partial charge on any atom is -0.457 e. The molecule has 10 aromatic rings. The lowest BCUT2D eigenvalue weighted by Gasteiger charge is -2.27. The number of rotatable bonds is 8. The number of nitrogens with zero attached hydrogens (tertiary/aromatic N) is 4. The summed E-state index contributed by atoms with van der Waals surface area (Å²) in [7, 11) is 0. The van der Waals surface area contributed by atoms with E-state index in [1.54, 1.807) is 0 Å². The van der Waals surface area contributed by atoms with Crippen LogP contribution in [0.2, 0.25) is 0 Å². The van der Waals surface area contributed by atoms with Crippen LogP contribution in [0.5, 0.6) is 11.5 Å². The molecular weight excluding hydrogens is 769 g/mol. The smallest absolute Gasteiger partial charge is 0.137 e. The van der Waals surface area contributed by atoms with E-state index in [4.69, 9.17) is 9.72 Å². The first-order chi connectivity index (χ1) is 31.7. The molecule has 5 nitrogen and oxygen atoms in total. The predicted molar refractivity (Wildman–Crippen MR) is 262 cm³/mol. The Bertz CT molecular complexity index is 3340. The van der Waals surface area contributed by atoms with Gasteiger partial charge in [-0.3, -0.25) is 4.57 Å². The van der Waals surface area contributed by atoms with Crippen LogP contribution in [0.15, 0.2) is 212 Å². The van der Waals surface area contributed by atoms with Gasteiger partial charge < -0.3 is 14.5 Å². The van der Waals surface area contributed by atoms with E-state index in [2.05, 4.69) is 164 Å². The first-order valence-electron chi connectivity index (χ1n) is 22.5. The summed E-state index contributed by atoms with van der Waals surface area (Å²) >= 11 is 0. The Morgan fingerprint density at radius 2 is 1.06 bits per heavy atom. The Hall–Kier alpha value is -7.89. The number of hydrogen-bond donors (Lipinski definition) is 0. The van der Waals surface area contributed by atoms with Crippen molar-refractivity contribution in [1.29, 1.82) is 0 Å². The molecule has 0 aliphatic carbocycles. The van der Waals surface area contributed by atoms with Gasteiger partial charge in [-0.1, -0.05) is 166 Å². The molecule has 0 amide bonds. The summed E-state index contributed by atoms with van der Waals surface area (Å²) < 4.78 is 27.9. The highest BCUT2D eigenvalue weighted by molar-refractivity contribution is 6.09. The first kappa shape index (κ1) is 35.8. The highest BCUT2D eigenvalue weighted by Crippen LogP contribution is 2.50. The van der Waals surface area contributed by atoms with E-state index in [-0.39, 0.29) is 6.17 Å². The topological polar surface area (TPSA) is 33.5 Å². The fourth-order valence-electron chi connectivity index (χ4n) is 9.10. The fraction of sp³-hybridized carbons (Fsp3) is 0.0862. The molecule has 8 aromatic carbocycles. The molecule has 0 bridgehead atoms. The van der Waals surface area contributed by atoms with Crippen molar-refractivity contribution in [3.05, 3.63) is 218 Å². The highest BCUT2D eigenvalue weighted by Gasteiger charge is 2.31. The Morgan fingerprint density at radius 3 is 1.73 bits per heavy atom. The van der Waals surface area contributed by atoms with Crippen molar-refractivity contribution in [3.8, 4) is 50.7 Å². The van der Waals surface area contributed by atoms with E-state index in [0.29, 0.717) is 35.6 Å². The zero-order valence-corrected chi connectivity index (χ0v) is 35.5. The Labute approximate surface area is 371 Å². The largest absolute Gasteiger partial charge is 0.457 e. The molecule has 304 valence electrons. The number of hydrogen-bond acceptors (Lipinski definition) is 4. The summed E-state index contributed by atoms with van der Waals surface area (Å²) in [5, 5.41) is 2.05. The molecule has 0 radical (unpaired) electrons. The van der Waals surface area contributed by atoms with Gasteiger partial charge in [0.15, 0.2) is 0 Å². The standard InChI is InChI=1S/C58H46N4O/c1-58(2,3)51-37-56(59-38-50(51)42-23-11-6-12-24-42)62-52-30-14-13-27-48(52)49-34-33-45(36-55(49)62)63-44-26-17-25-43(35-44)60-39-61(54-32-16-15-31-53(54)60)57-46(40-19-7-4-8-20-40)28-18-29-47(57)41-21-9-5-10-22-41/h4-38H,39H2,1-3H3/i37D,38D. The summed E-state index contributed by atoms with van der Waals surface area (Å²) in [6, 6.07) is 69.3. The second-order valence-corrected chi connectivity index (χ2v) is 17.1. The number of para-hydroxylation sites is 4. The molecule has 2 aromatic heterocycles. The van der Waals surface area contributed by atoms with Crippen molar-refractivity contribution in [1.82, 2.24) is 9.55 Å². The molecule has 0 atom stereocenters. The maximum atomic E-state index is 9.78. The first-order valence-corrected chi connectivity index (χ1v) is 21.5. The number of anilines is 4. The molecule has 0 spiro atoms. The van der Waals surface area contributed by atoms with Crippen molar-refractivity contribution in [3.63, 3.8) is 0 Å². The van der Waals surface area contributed by atoms with Gasteiger partial charge in [-0.05, 0) is 76.2 Å². The molecule has 0 N–H and O–H groups in total. The molecule has 0 saturated carbocycles. The van der Waals surface area contributed by atoms with Crippen molar-refractivity contribution in [2.24, 2.45) is 0 Å². The average Bonchev–Trinajstić information content (AvgIpc) is 3.88. The lowest BCUT2D eigenvalue weighted by Crippen LogP contribution is -2.24. The van der Waals surface area contributed by atoms with Crippen LogP contribution < -0.4 is 14.5 Å². The molecule has 0 fully saturated rings. The molecule has 63 heavy (non-hydrogen) atoms. The van der Waals surface area contributed by atoms with Crippen LogP contribution >= 0.6 is 0 Å². The van der Waals surface area contributed by atoms with Gasteiger partial charge in [-0.15, -0.1) is 0 Å². The third-order valence-electron chi connectivity index (χ3n) is 12.0. The van der Waals surface area contributed by atoms with Crippen LogP contribution in [0.25, 0.3) is 61.0 Å². The van der Waals surface area contributed by atoms with Crippen LogP contribution in [-0.2, 0) is 5.41 Å². The molecule has 1 aliphatic rings. The molecular formula is C58H46N4O. The number of pyridine rings is 1. The lowest BCUT2D eigenvalue weighted by molar-refractivity contribution is 0.483. The van der Waals surface area contributed by atoms with Crippen molar-refractivity contribution in [2.45, 2.75) is 26.2 Å². The molecule has 11 rings (SSSR count). The van der Waals surface area contributed by atoms with Gasteiger partial charge >= 0.3 is 0 Å². The maximum Gasteiger partial charge on any atom is 0.137 e. The van der Waals surface area contributed by atoms with E-state index in [9.17, 15) is 2.74 Å². The molecule has 3 heterocycles. The maximum absolute atomic E-state index is 9.78. The van der Waals surface area contributed by atoms with Crippen LogP contribution in [0.3, 0.4) is 0 Å². The van der Waals surface area contributed by atoms with E-state index in [1.807, 2.05) is 71.3 Å². The van der Waals surface area contributed by atoms with Crippen molar-refractivity contribution < 1.29 is 7.48 Å². The van der Waals surface area contributed by atoms with Crippen molar-refractivity contribution in [2.75, 3.05) is 16.5 Å². The number of ether oxygens (including phenoxy) is 1. The summed E-state index contributed by atoms with van der Waals surface area (Å²) in [5.41, 5.74) is 12.8. The zero-order valence-electron chi connectivity index (χ0n) is 37.5. The summed E-state index contributed by atoms with van der Waals surface area (Å²) in [6.45, 7) is 6.90. The third-order valence-corrected chi connectivity index (χ3v) is 12.0. The van der Waals surface area contributed by atoms with Crippen molar-refractivity contribution >= 4 is 44.6 Å². The second-order valence-electron chi connectivity index (χ2n) is 17.1. The minimum atomic E-state index is -0.434. The van der Waals surface area contributed by atoms with Gasteiger partial charge in [0, 0.05) is 51.5 Å². The van der Waals surface area contributed by atoms with E-state index >= 15 is 0 Å². The van der Waals surface area contributed by atoms with Gasteiger partial charge in [0.2, 0.25) is 0 Å². The summed E-state index contributed by atoms with van der Waals surface area (Å²) in [6.07, 6.45) is 0.143. The lowest BCUT2D eigenvalue weighted by atomic mass is 9.82. The van der Waals surface area contributed by atoms with Crippen LogP contribution in [0.1, 0.15) is 29.1 Å². The van der Waals surface area contributed by atoms with E-state index in [0.717, 1.165) is 66.8 Å². The third kappa shape index (κ3) is 6.88. The number of benzene rings is 8. The van der Waals surface area contributed by atoms with Gasteiger partial charge in [0.25, 0.3) is 0 Å². The minimum absolute atomic E-state index is 0.143. The highest BCUT2D eigenvalue weighted by atomic mass is 16.5. The monoisotopic (exact) mass is 816 g/mol. The normalized spacial score (nSPS) is 13.0. The molecule has 1 aliphatic heterocycles. The quantitative estimate of drug-likeness (QED) is 0.153. The predicted octanol–water partition coefficient (Wildman–Crippen LogP) is 15.5. The molecule has 0 unspecified atom stereocenters. The van der Waals surface area contributed by atoms with Gasteiger partial charge in [0.1, 0.15) is 24.0 Å². The van der Waals surface area contributed by atoms with Gasteiger partial charge in [0.05, 0.1) is 30.8 Å². The summed E-state index contributed by atoms with van der Waals surface area (Å²) in [4.78, 5) is 9.71. The number of fused-ring (bicyclic) bond motifs is 4. The van der Waals surface area contributed by atoms with E-state index in [1.165, 1.54) is 11.1 Å². The Balaban J connectivity index is 0.990. The Kier molecular flexibility index (Phi) is 8.84.